The van der Waals surface area contributed by atoms with Gasteiger partial charge in [-0.1, -0.05) is 31.2 Å². The molecule has 0 unspecified atom stereocenters. The molecule has 180 valence electrons. The second-order valence-corrected chi connectivity index (χ2v) is 10.7. The van der Waals surface area contributed by atoms with Crippen LogP contribution in [0.5, 0.6) is 0 Å². The van der Waals surface area contributed by atoms with Gasteiger partial charge in [-0.15, -0.1) is 11.3 Å². The Kier molecular flexibility index (Phi) is 8.34. The Morgan fingerprint density at radius 1 is 1.36 bits per heavy atom. The molecule has 0 spiro atoms. The lowest BCUT2D eigenvalue weighted by molar-refractivity contribution is -0.157. The summed E-state index contributed by atoms with van der Waals surface area (Å²) in [5.41, 5.74) is 0.588. The molecule has 0 aromatic carbocycles. The van der Waals surface area contributed by atoms with Gasteiger partial charge in [-0.2, -0.15) is 4.91 Å². The van der Waals surface area contributed by atoms with E-state index in [0.717, 1.165) is 35.5 Å². The molecule has 0 radical (unpaired) electrons. The molecule has 0 saturated heterocycles. The molecule has 6 atom stereocenters. The molecule has 1 fully saturated rings. The minimum absolute atomic E-state index is 0.0956. The fourth-order valence-corrected chi connectivity index (χ4v) is 5.70. The van der Waals surface area contributed by atoms with Gasteiger partial charge in [0.1, 0.15) is 17.9 Å². The second-order valence-electron chi connectivity index (χ2n) is 9.65. The highest BCUT2D eigenvalue weighted by atomic mass is 32.1. The van der Waals surface area contributed by atoms with Crippen LogP contribution in [0.15, 0.2) is 28.3 Å². The molecule has 2 heterocycles. The van der Waals surface area contributed by atoms with Gasteiger partial charge in [0, 0.05) is 17.7 Å². The van der Waals surface area contributed by atoms with Gasteiger partial charge in [-0.3, -0.25) is 9.59 Å². The molecular weight excluding hydrogens is 440 g/mol. The van der Waals surface area contributed by atoms with Gasteiger partial charge >= 0.3 is 5.97 Å². The van der Waals surface area contributed by atoms with Crippen molar-refractivity contribution in [3.63, 3.8) is 0 Å². The Balaban J connectivity index is 1.85. The summed E-state index contributed by atoms with van der Waals surface area (Å²) in [4.78, 5) is 41.9. The highest BCUT2D eigenvalue weighted by molar-refractivity contribution is 7.09. The minimum atomic E-state index is -1.18. The predicted molar refractivity (Wildman–Crippen MR) is 129 cm³/mol. The third kappa shape index (κ3) is 5.84. The van der Waals surface area contributed by atoms with Crippen LogP contribution in [0.2, 0.25) is 0 Å². The summed E-state index contributed by atoms with van der Waals surface area (Å²) in [5, 5.41) is 17.2. The molecule has 2 aliphatic rings. The molecular formula is C25H34N2O5S. The van der Waals surface area contributed by atoms with E-state index in [2.05, 4.69) is 16.2 Å². The van der Waals surface area contributed by atoms with Crippen molar-refractivity contribution in [3.05, 3.63) is 38.7 Å². The summed E-state index contributed by atoms with van der Waals surface area (Å²) in [5.74, 6) is -1.43. The standard InChI is InChI=1S/C25H34N2O5S/c1-15(11-19-14-33-17(3)26-19)20-10-8-6-5-7-9-18-13-25(4,21(28)12-22(29)32-20)24(30)16(2)23(18)27-31/h6,8,11,14,16,18,20-21,23,28H,5,7,9-10,12-13H2,1-4H3/b8-6-,15-11+/t16-,18+,20-,21-,23-,25+/m0/s1. The zero-order chi connectivity index (χ0) is 24.2. The Morgan fingerprint density at radius 3 is 2.79 bits per heavy atom. The van der Waals surface area contributed by atoms with Gasteiger partial charge in [0.05, 0.1) is 28.6 Å². The van der Waals surface area contributed by atoms with Crippen LogP contribution >= 0.6 is 11.3 Å². The number of nitrogens with zero attached hydrogens (tertiary/aromatic N) is 2. The Labute approximate surface area is 199 Å². The Hall–Kier alpha value is -2.19. The van der Waals surface area contributed by atoms with Gasteiger partial charge < -0.3 is 9.84 Å². The Morgan fingerprint density at radius 2 is 2.12 bits per heavy atom. The van der Waals surface area contributed by atoms with Gasteiger partial charge in [0.15, 0.2) is 0 Å². The molecule has 8 heteroatoms. The largest absolute Gasteiger partial charge is 0.457 e. The van der Waals surface area contributed by atoms with E-state index in [4.69, 9.17) is 4.74 Å². The number of hydrogen-bond donors (Lipinski definition) is 1. The monoisotopic (exact) mass is 474 g/mol. The van der Waals surface area contributed by atoms with Crippen molar-refractivity contribution in [2.45, 2.75) is 84.5 Å². The molecule has 0 amide bonds. The maximum atomic E-state index is 13.1. The van der Waals surface area contributed by atoms with Crippen molar-refractivity contribution in [1.82, 2.24) is 4.98 Å². The van der Waals surface area contributed by atoms with Crippen molar-refractivity contribution in [2.24, 2.45) is 22.4 Å². The van der Waals surface area contributed by atoms with Gasteiger partial charge in [-0.25, -0.2) is 4.98 Å². The molecule has 33 heavy (non-hydrogen) atoms. The first-order chi connectivity index (χ1) is 15.7. The number of fused-ring (bicyclic) bond motifs is 2. The number of thiazole rings is 1. The number of cyclic esters (lactones) is 1. The van der Waals surface area contributed by atoms with Gasteiger partial charge in [0.25, 0.3) is 0 Å². The van der Waals surface area contributed by atoms with E-state index in [1.54, 1.807) is 25.2 Å². The molecule has 7 nitrogen and oxygen atoms in total. The van der Waals surface area contributed by atoms with E-state index in [1.165, 1.54) is 0 Å². The van der Waals surface area contributed by atoms with Crippen LogP contribution in [0, 0.1) is 29.1 Å². The molecule has 1 N–H and O–H groups in total. The van der Waals surface area contributed by atoms with E-state index >= 15 is 0 Å². The van der Waals surface area contributed by atoms with Crippen LogP contribution < -0.4 is 0 Å². The first-order valence-corrected chi connectivity index (χ1v) is 12.5. The third-order valence-corrected chi connectivity index (χ3v) is 7.92. The third-order valence-electron chi connectivity index (χ3n) is 7.13. The number of ether oxygens (including phenoxy) is 1. The van der Waals surface area contributed by atoms with Gasteiger partial charge in [-0.05, 0) is 57.1 Å². The van der Waals surface area contributed by atoms with E-state index < -0.39 is 35.6 Å². The number of rotatable bonds is 3. The van der Waals surface area contributed by atoms with E-state index in [0.29, 0.717) is 12.8 Å². The number of aliphatic hydroxyl groups excluding tert-OH is 1. The number of Topliss-reactive ketones (excluding diaryl/α,β-unsaturated/α-hetero) is 1. The highest BCUT2D eigenvalue weighted by Gasteiger charge is 2.52. The average Bonchev–Trinajstić information content (AvgIpc) is 3.17. The first kappa shape index (κ1) is 25.4. The normalized spacial score (nSPS) is 35.4. The number of hydrogen-bond acceptors (Lipinski definition) is 8. The number of aliphatic hydroxyl groups is 1. The lowest BCUT2D eigenvalue weighted by atomic mass is 9.60. The lowest BCUT2D eigenvalue weighted by Gasteiger charge is -2.44. The van der Waals surface area contributed by atoms with Crippen LogP contribution in [-0.4, -0.2) is 40.1 Å². The smallest absolute Gasteiger partial charge is 0.309 e. The summed E-state index contributed by atoms with van der Waals surface area (Å²) < 4.78 is 5.77. The maximum Gasteiger partial charge on any atom is 0.309 e. The highest BCUT2D eigenvalue weighted by Crippen LogP contribution is 2.45. The van der Waals surface area contributed by atoms with E-state index in [-0.39, 0.29) is 18.1 Å². The van der Waals surface area contributed by atoms with Crippen LogP contribution in [-0.2, 0) is 14.3 Å². The molecule has 3 rings (SSSR count). The van der Waals surface area contributed by atoms with Crippen molar-refractivity contribution >= 4 is 29.2 Å². The number of carbonyl (C=O) groups is 2. The number of allylic oxidation sites excluding steroid dienone is 1. The summed E-state index contributed by atoms with van der Waals surface area (Å²) in [6.45, 7) is 7.26. The lowest BCUT2D eigenvalue weighted by Crippen LogP contribution is -2.53. The summed E-state index contributed by atoms with van der Waals surface area (Å²) >= 11 is 1.56. The fourth-order valence-electron chi connectivity index (χ4n) is 5.12. The molecule has 1 aromatic heterocycles. The number of ketones is 1. The first-order valence-electron chi connectivity index (χ1n) is 11.7. The quantitative estimate of drug-likeness (QED) is 0.375. The predicted octanol–water partition coefficient (Wildman–Crippen LogP) is 5.01. The molecule has 1 saturated carbocycles. The number of esters is 1. The summed E-state index contributed by atoms with van der Waals surface area (Å²) in [7, 11) is 0. The minimum Gasteiger partial charge on any atom is -0.457 e. The molecule has 2 bridgehead atoms. The number of nitroso groups, excluding NO2 is 1. The van der Waals surface area contributed by atoms with Crippen molar-refractivity contribution in [3.8, 4) is 0 Å². The topological polar surface area (TPSA) is 106 Å². The summed E-state index contributed by atoms with van der Waals surface area (Å²) in [6.07, 6.45) is 7.35. The SMILES string of the molecule is C/C(=C\c1csc(C)n1)[C@@H]1C/C=C\CCC[C@@H]2C[C@@](C)(C(=O)[C@@H](C)[C@@H]2N=O)[C@@H](O)CC(=O)O1. The van der Waals surface area contributed by atoms with Crippen molar-refractivity contribution in [2.75, 3.05) is 0 Å². The van der Waals surface area contributed by atoms with E-state index in [9.17, 15) is 19.6 Å². The van der Waals surface area contributed by atoms with Crippen LogP contribution in [0.1, 0.15) is 70.0 Å². The number of aryl methyl sites for hydroxylation is 1. The van der Waals surface area contributed by atoms with Crippen LogP contribution in [0.25, 0.3) is 6.08 Å². The zero-order valence-corrected chi connectivity index (χ0v) is 20.6. The van der Waals surface area contributed by atoms with Crippen LogP contribution in [0.3, 0.4) is 0 Å². The maximum absolute atomic E-state index is 13.1. The number of aromatic nitrogens is 1. The van der Waals surface area contributed by atoms with Crippen LogP contribution in [0.4, 0.5) is 0 Å². The molecule has 1 aromatic rings. The average molecular weight is 475 g/mol. The zero-order valence-electron chi connectivity index (χ0n) is 19.8. The molecule has 1 aliphatic carbocycles. The fraction of sp³-hybridized carbons (Fsp3) is 0.640. The Bertz CT molecular complexity index is 939. The van der Waals surface area contributed by atoms with Crippen molar-refractivity contribution < 1.29 is 19.4 Å². The molecule has 1 aliphatic heterocycles. The van der Waals surface area contributed by atoms with Gasteiger partial charge in [0.2, 0.25) is 0 Å². The summed E-state index contributed by atoms with van der Waals surface area (Å²) in [6, 6.07) is -0.590. The second kappa shape index (κ2) is 10.8. The van der Waals surface area contributed by atoms with Crippen molar-refractivity contribution in [1.29, 1.82) is 0 Å². The number of carbonyl (C=O) groups excluding carboxylic acids is 2. The van der Waals surface area contributed by atoms with E-state index in [1.807, 2.05) is 31.4 Å².